The molecule has 10 heteroatoms. The molecule has 3 aromatic rings. The molecular weight excluding hydrogens is 527 g/mol. The van der Waals surface area contributed by atoms with E-state index in [0.717, 1.165) is 30.0 Å². The van der Waals surface area contributed by atoms with E-state index >= 15 is 4.39 Å². The number of anilines is 1. The fourth-order valence-electron chi connectivity index (χ4n) is 5.77. The number of piperazine rings is 1. The van der Waals surface area contributed by atoms with Crippen molar-refractivity contribution in [2.75, 3.05) is 45.4 Å². The summed E-state index contributed by atoms with van der Waals surface area (Å²) in [5.41, 5.74) is 3.14. The third-order valence-electron chi connectivity index (χ3n) is 7.92. The van der Waals surface area contributed by atoms with Gasteiger partial charge < -0.3 is 24.4 Å². The number of aliphatic hydroxyl groups is 1. The van der Waals surface area contributed by atoms with Crippen LogP contribution < -0.4 is 15.3 Å². The van der Waals surface area contributed by atoms with Crippen molar-refractivity contribution in [1.29, 1.82) is 0 Å². The number of ether oxygens (including phenoxy) is 2. The van der Waals surface area contributed by atoms with Crippen molar-refractivity contribution in [3.8, 4) is 16.9 Å². The molecule has 5 rings (SSSR count). The zero-order valence-corrected chi connectivity index (χ0v) is 24.4. The largest absolute Gasteiger partial charge is 0.489 e. The van der Waals surface area contributed by atoms with Crippen LogP contribution in [0.15, 0.2) is 41.7 Å². The van der Waals surface area contributed by atoms with Gasteiger partial charge in [-0.25, -0.2) is 9.18 Å². The van der Waals surface area contributed by atoms with Crippen LogP contribution in [-0.2, 0) is 22.5 Å². The van der Waals surface area contributed by atoms with Crippen molar-refractivity contribution in [3.05, 3.63) is 64.3 Å². The van der Waals surface area contributed by atoms with Gasteiger partial charge in [0.2, 0.25) is 5.91 Å². The number of carbonyl (C=O) groups excluding carboxylic acids is 1. The third-order valence-corrected chi connectivity index (χ3v) is 7.92. The maximum atomic E-state index is 15.6. The summed E-state index contributed by atoms with van der Waals surface area (Å²) in [4.78, 5) is 33.9. The first-order chi connectivity index (χ1) is 19.7. The van der Waals surface area contributed by atoms with E-state index < -0.39 is 0 Å². The van der Waals surface area contributed by atoms with Crippen LogP contribution in [-0.4, -0.2) is 78.1 Å². The summed E-state index contributed by atoms with van der Waals surface area (Å²) < 4.78 is 28.9. The van der Waals surface area contributed by atoms with Crippen molar-refractivity contribution < 1.29 is 23.8 Å². The number of hydrogen-bond donors (Lipinski definition) is 1. The fraction of sp³-hybridized carbons (Fsp3) is 0.452. The maximum Gasteiger partial charge on any atom is 0.350 e. The van der Waals surface area contributed by atoms with Gasteiger partial charge in [0.1, 0.15) is 18.2 Å². The highest BCUT2D eigenvalue weighted by Crippen LogP contribution is 2.45. The van der Waals surface area contributed by atoms with Gasteiger partial charge in [0.15, 0.2) is 5.75 Å². The lowest BCUT2D eigenvalue weighted by Crippen LogP contribution is -2.54. The number of aliphatic hydroxyl groups excluding tert-OH is 1. The topological polar surface area (TPSA) is 97.1 Å². The van der Waals surface area contributed by atoms with Crippen LogP contribution in [0.3, 0.4) is 0 Å². The van der Waals surface area contributed by atoms with Gasteiger partial charge in [-0.2, -0.15) is 4.98 Å². The highest BCUT2D eigenvalue weighted by atomic mass is 19.1. The van der Waals surface area contributed by atoms with E-state index in [0.29, 0.717) is 67.4 Å². The summed E-state index contributed by atoms with van der Waals surface area (Å²) in [6.07, 6.45) is 2.74. The molecule has 2 aliphatic rings. The minimum absolute atomic E-state index is 0.0384. The summed E-state index contributed by atoms with van der Waals surface area (Å²) in [6.45, 7) is 11.7. The minimum Gasteiger partial charge on any atom is -0.489 e. The van der Waals surface area contributed by atoms with Crippen LogP contribution in [0, 0.1) is 12.7 Å². The van der Waals surface area contributed by atoms with Gasteiger partial charge >= 0.3 is 5.69 Å². The first-order valence-corrected chi connectivity index (χ1v) is 13.9. The van der Waals surface area contributed by atoms with E-state index in [1.165, 1.54) is 12.1 Å². The van der Waals surface area contributed by atoms with E-state index in [1.807, 2.05) is 32.9 Å². The molecule has 3 heterocycles. The first-order valence-electron chi connectivity index (χ1n) is 13.9. The minimum atomic E-state index is -0.365. The number of halogens is 1. The second kappa shape index (κ2) is 12.8. The Balaban J connectivity index is 0.00000189. The Kier molecular flexibility index (Phi) is 9.45. The normalized spacial score (nSPS) is 17.0. The fourth-order valence-corrected chi connectivity index (χ4v) is 5.77. The second-order valence-electron chi connectivity index (χ2n) is 10.4. The summed E-state index contributed by atoms with van der Waals surface area (Å²) in [5, 5.41) is 7.78. The van der Waals surface area contributed by atoms with Crippen molar-refractivity contribution in [1.82, 2.24) is 14.5 Å². The van der Waals surface area contributed by atoms with Gasteiger partial charge in [0.05, 0.1) is 18.2 Å². The molecule has 0 spiro atoms. The zero-order chi connectivity index (χ0) is 29.8. The Hall–Kier alpha value is -3.76. The Morgan fingerprint density at radius 2 is 2.05 bits per heavy atom. The summed E-state index contributed by atoms with van der Waals surface area (Å²) >= 11 is 0. The lowest BCUT2D eigenvalue weighted by atomic mass is 9.90. The molecule has 1 fully saturated rings. The van der Waals surface area contributed by atoms with Crippen molar-refractivity contribution in [3.63, 3.8) is 0 Å². The molecule has 9 nitrogen and oxygen atoms in total. The van der Waals surface area contributed by atoms with Gasteiger partial charge in [-0.3, -0.25) is 9.36 Å². The van der Waals surface area contributed by atoms with Crippen LogP contribution in [0.25, 0.3) is 22.0 Å². The Morgan fingerprint density at radius 3 is 2.73 bits per heavy atom. The predicted molar refractivity (Wildman–Crippen MR) is 158 cm³/mol. The standard InChI is InChI=1S/C30H35FN4O4.CH4O/c1-6-24(36)33-12-13-34(19(3)17-33)29-22-16-18(2)25(28-27(22)35(14-15-39-28)30(37)32-29)26-21(8-7-9-23(26)31)11-10-20(4)38-5;1-2/h6-9,16,19-20H,1,10-15,17H2,2-5H3;2H,1H3. The molecule has 0 radical (unpaired) electrons. The lowest BCUT2D eigenvalue weighted by molar-refractivity contribution is -0.126. The molecular formula is C31H39FN4O5. The van der Waals surface area contributed by atoms with E-state index in [-0.39, 0.29) is 29.6 Å². The van der Waals surface area contributed by atoms with Gasteiger partial charge in [0, 0.05) is 56.4 Å². The number of rotatable bonds is 7. The predicted octanol–water partition coefficient (Wildman–Crippen LogP) is 3.70. The van der Waals surface area contributed by atoms with Crippen molar-refractivity contribution >= 4 is 22.6 Å². The number of nitrogens with zero attached hydrogens (tertiary/aromatic N) is 4. The molecule has 1 aromatic heterocycles. The number of methoxy groups -OCH3 is 1. The Bertz CT molecular complexity index is 1500. The molecule has 0 saturated carbocycles. The average molecular weight is 567 g/mol. The number of benzene rings is 2. The number of amides is 1. The molecule has 1 saturated heterocycles. The Morgan fingerprint density at radius 1 is 1.29 bits per heavy atom. The highest BCUT2D eigenvalue weighted by molar-refractivity contribution is 6.01. The zero-order valence-electron chi connectivity index (χ0n) is 24.4. The van der Waals surface area contributed by atoms with Gasteiger partial charge in [0.25, 0.3) is 0 Å². The molecule has 220 valence electrons. The number of aryl methyl sites for hydroxylation is 2. The van der Waals surface area contributed by atoms with Crippen LogP contribution in [0.1, 0.15) is 31.4 Å². The summed E-state index contributed by atoms with van der Waals surface area (Å²) in [6, 6.07) is 7.06. The molecule has 1 amide bonds. The van der Waals surface area contributed by atoms with E-state index in [4.69, 9.17) is 14.6 Å². The summed E-state index contributed by atoms with van der Waals surface area (Å²) in [5.74, 6) is 0.635. The van der Waals surface area contributed by atoms with Gasteiger partial charge in [-0.15, -0.1) is 0 Å². The molecule has 0 aliphatic carbocycles. The molecule has 2 atom stereocenters. The Labute approximate surface area is 239 Å². The van der Waals surface area contributed by atoms with Gasteiger partial charge in [-0.05, 0) is 62.9 Å². The summed E-state index contributed by atoms with van der Waals surface area (Å²) in [7, 11) is 2.67. The van der Waals surface area contributed by atoms with Crippen LogP contribution in [0.5, 0.6) is 5.75 Å². The molecule has 1 N–H and O–H groups in total. The number of aromatic nitrogens is 2. The highest BCUT2D eigenvalue weighted by Gasteiger charge is 2.32. The number of hydrogen-bond acceptors (Lipinski definition) is 7. The molecule has 0 bridgehead atoms. The van der Waals surface area contributed by atoms with E-state index in [1.54, 1.807) is 22.6 Å². The second-order valence-corrected chi connectivity index (χ2v) is 10.4. The average Bonchev–Trinajstić information content (AvgIpc) is 2.98. The van der Waals surface area contributed by atoms with Crippen molar-refractivity contribution in [2.45, 2.75) is 52.3 Å². The smallest absolute Gasteiger partial charge is 0.350 e. The third kappa shape index (κ3) is 5.71. The lowest BCUT2D eigenvalue weighted by Gasteiger charge is -2.41. The molecule has 2 unspecified atom stereocenters. The molecule has 41 heavy (non-hydrogen) atoms. The SMILES string of the molecule is C=CC(=O)N1CCN(c2nc(=O)n3c4c(c(-c5c(F)cccc5CCC(C)OC)c(C)cc24)OCC3)C(C)C1.CO. The van der Waals surface area contributed by atoms with Crippen molar-refractivity contribution in [2.24, 2.45) is 0 Å². The number of carbonyl (C=O) groups is 1. The van der Waals surface area contributed by atoms with E-state index in [2.05, 4.69) is 16.5 Å². The monoisotopic (exact) mass is 566 g/mol. The van der Waals surface area contributed by atoms with Crippen LogP contribution >= 0.6 is 0 Å². The van der Waals surface area contributed by atoms with Crippen LogP contribution in [0.4, 0.5) is 10.2 Å². The molecule has 2 aromatic carbocycles. The van der Waals surface area contributed by atoms with Gasteiger partial charge in [-0.1, -0.05) is 18.7 Å². The quantitative estimate of drug-likeness (QED) is 0.436. The van der Waals surface area contributed by atoms with Crippen LogP contribution in [0.2, 0.25) is 0 Å². The van der Waals surface area contributed by atoms with E-state index in [9.17, 15) is 9.59 Å². The molecule has 2 aliphatic heterocycles. The first kappa shape index (κ1) is 30.2. The maximum absolute atomic E-state index is 15.6.